The monoisotopic (exact) mass is 440 g/mol. The fourth-order valence-corrected chi connectivity index (χ4v) is 5.21. The molecular weight excluding hydrogens is 411 g/mol. The number of hydrogen-bond acceptors (Lipinski definition) is 5. The summed E-state index contributed by atoms with van der Waals surface area (Å²) in [5, 5.41) is 21.3. The Bertz CT molecular complexity index is 988. The zero-order valence-electron chi connectivity index (χ0n) is 18.0. The molecule has 2 fully saturated rings. The van der Waals surface area contributed by atoms with Crippen LogP contribution in [0.5, 0.6) is 5.75 Å². The summed E-state index contributed by atoms with van der Waals surface area (Å²) in [6.45, 7) is 2.77. The van der Waals surface area contributed by atoms with Crippen molar-refractivity contribution in [2.75, 3.05) is 31.1 Å². The van der Waals surface area contributed by atoms with Gasteiger partial charge in [0, 0.05) is 50.3 Å². The van der Waals surface area contributed by atoms with Crippen LogP contribution in [0, 0.1) is 5.82 Å². The lowest BCUT2D eigenvalue weighted by molar-refractivity contribution is -0.117. The number of β-amino-alcohol motifs (C(OH)–C–C–N with tert-alkyl or cyclic N) is 1. The number of halogens is 1. The highest BCUT2D eigenvalue weighted by Crippen LogP contribution is 2.44. The van der Waals surface area contributed by atoms with Crippen molar-refractivity contribution in [1.82, 2.24) is 4.90 Å². The van der Waals surface area contributed by atoms with Gasteiger partial charge in [0.2, 0.25) is 5.91 Å². The average Bonchev–Trinajstić information content (AvgIpc) is 3.22. The first kappa shape index (κ1) is 21.4. The molecule has 2 aromatic rings. The standard InChI is InChI=1S/C25H29FN2O4/c26-18-5-8-23-20(14-18)21(29)15-25(32-23)9-12-27(13-10-25)16-22(30)17-3-6-19(7-4-17)28-11-1-2-24(28)31/h3-8,14,21-22,29-30H,1-2,9-13,15-16H2/t21-,22-/m1/s1. The number of aliphatic hydroxyl groups is 2. The summed E-state index contributed by atoms with van der Waals surface area (Å²) < 4.78 is 19.8. The van der Waals surface area contributed by atoms with Crippen molar-refractivity contribution >= 4 is 11.6 Å². The van der Waals surface area contributed by atoms with Crippen LogP contribution in [0.15, 0.2) is 42.5 Å². The summed E-state index contributed by atoms with van der Waals surface area (Å²) in [6.07, 6.45) is 2.08. The first-order valence-corrected chi connectivity index (χ1v) is 11.4. The van der Waals surface area contributed by atoms with Gasteiger partial charge in [0.1, 0.15) is 17.2 Å². The van der Waals surface area contributed by atoms with E-state index in [-0.39, 0.29) is 11.7 Å². The largest absolute Gasteiger partial charge is 0.487 e. The summed E-state index contributed by atoms with van der Waals surface area (Å²) in [4.78, 5) is 15.9. The molecule has 2 saturated heterocycles. The van der Waals surface area contributed by atoms with Crippen molar-refractivity contribution in [2.24, 2.45) is 0 Å². The maximum Gasteiger partial charge on any atom is 0.227 e. The van der Waals surface area contributed by atoms with E-state index in [1.165, 1.54) is 12.1 Å². The number of nitrogens with zero attached hydrogens (tertiary/aromatic N) is 2. The number of hydrogen-bond donors (Lipinski definition) is 2. The van der Waals surface area contributed by atoms with Crippen LogP contribution >= 0.6 is 0 Å². The van der Waals surface area contributed by atoms with Crippen LogP contribution < -0.4 is 9.64 Å². The van der Waals surface area contributed by atoms with Gasteiger partial charge in [-0.05, 0) is 55.2 Å². The van der Waals surface area contributed by atoms with E-state index < -0.39 is 17.8 Å². The highest BCUT2D eigenvalue weighted by Gasteiger charge is 2.43. The van der Waals surface area contributed by atoms with Gasteiger partial charge in [0.25, 0.3) is 0 Å². The van der Waals surface area contributed by atoms with Gasteiger partial charge in [-0.3, -0.25) is 4.79 Å². The molecule has 2 aromatic carbocycles. The quantitative estimate of drug-likeness (QED) is 0.763. The van der Waals surface area contributed by atoms with Crippen LogP contribution in [0.3, 0.4) is 0 Å². The fraction of sp³-hybridized carbons (Fsp3) is 0.480. The van der Waals surface area contributed by atoms with Gasteiger partial charge in [-0.15, -0.1) is 0 Å². The van der Waals surface area contributed by atoms with Gasteiger partial charge in [0.15, 0.2) is 0 Å². The summed E-state index contributed by atoms with van der Waals surface area (Å²) in [7, 11) is 0. The molecule has 6 nitrogen and oxygen atoms in total. The molecular formula is C25H29FN2O4. The third-order valence-corrected chi connectivity index (χ3v) is 7.08. The third kappa shape index (κ3) is 4.12. The van der Waals surface area contributed by atoms with Crippen molar-refractivity contribution in [2.45, 2.75) is 49.9 Å². The van der Waals surface area contributed by atoms with Gasteiger partial charge in [-0.1, -0.05) is 12.1 Å². The summed E-state index contributed by atoms with van der Waals surface area (Å²) >= 11 is 0. The lowest BCUT2D eigenvalue weighted by Crippen LogP contribution is -2.51. The number of carbonyl (C=O) groups excluding carboxylic acids is 1. The Hall–Kier alpha value is -2.48. The number of amides is 1. The number of likely N-dealkylation sites (tertiary alicyclic amines) is 1. The van der Waals surface area contributed by atoms with Crippen molar-refractivity contribution in [3.63, 3.8) is 0 Å². The minimum absolute atomic E-state index is 0.156. The molecule has 0 unspecified atom stereocenters. The Balaban J connectivity index is 1.18. The van der Waals surface area contributed by atoms with E-state index in [0.717, 1.165) is 50.1 Å². The highest BCUT2D eigenvalue weighted by atomic mass is 19.1. The molecule has 5 rings (SSSR count). The number of aliphatic hydroxyl groups excluding tert-OH is 2. The molecule has 0 radical (unpaired) electrons. The van der Waals surface area contributed by atoms with E-state index in [9.17, 15) is 19.4 Å². The SMILES string of the molecule is O=C1CCCN1c1ccc([C@H](O)CN2CCC3(CC2)C[C@@H](O)c2cc(F)ccc2O3)cc1. The zero-order valence-corrected chi connectivity index (χ0v) is 18.0. The Kier molecular flexibility index (Phi) is 5.65. The molecule has 170 valence electrons. The topological polar surface area (TPSA) is 73.2 Å². The van der Waals surface area contributed by atoms with Gasteiger partial charge >= 0.3 is 0 Å². The first-order valence-electron chi connectivity index (χ1n) is 11.4. The molecule has 0 saturated carbocycles. The molecule has 3 heterocycles. The second-order valence-electron chi connectivity index (χ2n) is 9.24. The molecule has 0 aliphatic carbocycles. The molecule has 2 atom stereocenters. The van der Waals surface area contributed by atoms with E-state index in [2.05, 4.69) is 4.90 Å². The van der Waals surface area contributed by atoms with Gasteiger partial charge in [0.05, 0.1) is 12.2 Å². The minimum Gasteiger partial charge on any atom is -0.487 e. The van der Waals surface area contributed by atoms with Crippen molar-refractivity contribution in [3.8, 4) is 5.75 Å². The van der Waals surface area contributed by atoms with Crippen LogP contribution in [0.25, 0.3) is 0 Å². The molecule has 3 aliphatic rings. The van der Waals surface area contributed by atoms with E-state index in [0.29, 0.717) is 30.7 Å². The van der Waals surface area contributed by atoms with E-state index >= 15 is 0 Å². The molecule has 0 bridgehead atoms. The zero-order chi connectivity index (χ0) is 22.3. The van der Waals surface area contributed by atoms with Crippen molar-refractivity contribution in [1.29, 1.82) is 0 Å². The lowest BCUT2D eigenvalue weighted by Gasteiger charge is -2.46. The smallest absolute Gasteiger partial charge is 0.227 e. The number of piperidine rings is 1. The summed E-state index contributed by atoms with van der Waals surface area (Å²) in [5.41, 5.74) is 1.79. The number of carbonyl (C=O) groups is 1. The molecule has 3 aliphatic heterocycles. The van der Waals surface area contributed by atoms with Crippen LogP contribution in [-0.4, -0.2) is 52.8 Å². The van der Waals surface area contributed by atoms with Crippen LogP contribution in [0.4, 0.5) is 10.1 Å². The minimum atomic E-state index is -0.729. The molecule has 32 heavy (non-hydrogen) atoms. The Morgan fingerprint density at radius 2 is 1.88 bits per heavy atom. The van der Waals surface area contributed by atoms with Crippen molar-refractivity contribution in [3.05, 3.63) is 59.4 Å². The summed E-state index contributed by atoms with van der Waals surface area (Å²) in [5.74, 6) is 0.352. The van der Waals surface area contributed by atoms with E-state index in [1.807, 2.05) is 24.3 Å². The number of rotatable bonds is 4. The predicted molar refractivity (Wildman–Crippen MR) is 118 cm³/mol. The maximum atomic E-state index is 13.5. The van der Waals surface area contributed by atoms with Crippen LogP contribution in [0.1, 0.15) is 55.4 Å². The second-order valence-corrected chi connectivity index (χ2v) is 9.24. The number of benzene rings is 2. The average molecular weight is 441 g/mol. The number of fused-ring (bicyclic) bond motifs is 1. The third-order valence-electron chi connectivity index (χ3n) is 7.08. The Labute approximate surface area is 187 Å². The lowest BCUT2D eigenvalue weighted by atomic mass is 9.81. The molecule has 0 aromatic heterocycles. The van der Waals surface area contributed by atoms with Gasteiger partial charge in [-0.25, -0.2) is 4.39 Å². The van der Waals surface area contributed by atoms with Crippen LogP contribution in [-0.2, 0) is 4.79 Å². The van der Waals surface area contributed by atoms with E-state index in [1.54, 1.807) is 11.0 Å². The normalized spacial score (nSPS) is 23.8. The van der Waals surface area contributed by atoms with Crippen molar-refractivity contribution < 1.29 is 24.1 Å². The van der Waals surface area contributed by atoms with E-state index in [4.69, 9.17) is 4.74 Å². The number of anilines is 1. The Morgan fingerprint density at radius 3 is 2.56 bits per heavy atom. The predicted octanol–water partition coefficient (Wildman–Crippen LogP) is 3.34. The first-order chi connectivity index (χ1) is 15.4. The van der Waals surface area contributed by atoms with Crippen LogP contribution in [0.2, 0.25) is 0 Å². The molecule has 1 amide bonds. The second kappa shape index (κ2) is 8.46. The highest BCUT2D eigenvalue weighted by molar-refractivity contribution is 5.95. The van der Waals surface area contributed by atoms with Gasteiger partial charge in [-0.2, -0.15) is 0 Å². The molecule has 1 spiro atoms. The fourth-order valence-electron chi connectivity index (χ4n) is 5.21. The maximum absolute atomic E-state index is 13.5. The Morgan fingerprint density at radius 1 is 1.12 bits per heavy atom. The molecule has 2 N–H and O–H groups in total. The van der Waals surface area contributed by atoms with Gasteiger partial charge < -0.3 is 24.7 Å². The molecule has 7 heteroatoms. The number of ether oxygens (including phenoxy) is 1. The summed E-state index contributed by atoms with van der Waals surface area (Å²) in [6, 6.07) is 11.9.